The summed E-state index contributed by atoms with van der Waals surface area (Å²) in [5.41, 5.74) is 0.831. The van der Waals surface area contributed by atoms with Crippen LogP contribution in [0.25, 0.3) is 0 Å². The number of rotatable bonds is 5. The summed E-state index contributed by atoms with van der Waals surface area (Å²) in [6, 6.07) is 3.92. The Morgan fingerprint density at radius 1 is 0.893 bits per heavy atom. The van der Waals surface area contributed by atoms with Crippen LogP contribution >= 0.6 is 0 Å². The quantitative estimate of drug-likeness (QED) is 0.746. The summed E-state index contributed by atoms with van der Waals surface area (Å²) in [5, 5.41) is 11.5. The fraction of sp³-hybridized carbons (Fsp3) is 0.750. The van der Waals surface area contributed by atoms with E-state index in [-0.39, 0.29) is 11.3 Å². The van der Waals surface area contributed by atoms with Crippen LogP contribution in [0.5, 0.6) is 17.2 Å². The van der Waals surface area contributed by atoms with E-state index in [4.69, 9.17) is 14.2 Å². The number of methoxy groups -OCH3 is 3. The number of aliphatic hydroxyl groups is 1. The van der Waals surface area contributed by atoms with E-state index in [1.165, 1.54) is 19.3 Å². The van der Waals surface area contributed by atoms with Crippen molar-refractivity contribution in [3.05, 3.63) is 17.7 Å². The number of benzene rings is 1. The minimum Gasteiger partial charge on any atom is -0.496 e. The number of ether oxygens (including phenoxy) is 3. The highest BCUT2D eigenvalue weighted by atomic mass is 16.5. The van der Waals surface area contributed by atoms with Crippen molar-refractivity contribution in [1.29, 1.82) is 0 Å². The van der Waals surface area contributed by atoms with E-state index in [9.17, 15) is 5.11 Å². The lowest BCUT2D eigenvalue weighted by Gasteiger charge is -2.61. The first-order chi connectivity index (χ1) is 13.1. The molecule has 0 radical (unpaired) electrons. The summed E-state index contributed by atoms with van der Waals surface area (Å²) >= 11 is 0. The smallest absolute Gasteiger partial charge is 0.164 e. The zero-order chi connectivity index (χ0) is 20.7. The topological polar surface area (TPSA) is 47.9 Å². The van der Waals surface area contributed by atoms with Crippen LogP contribution in [0.4, 0.5) is 0 Å². The van der Waals surface area contributed by atoms with Gasteiger partial charge in [-0.3, -0.25) is 0 Å². The van der Waals surface area contributed by atoms with Gasteiger partial charge in [-0.2, -0.15) is 0 Å². The van der Waals surface area contributed by atoms with E-state index >= 15 is 0 Å². The van der Waals surface area contributed by atoms with Crippen LogP contribution < -0.4 is 14.2 Å². The van der Waals surface area contributed by atoms with Crippen LogP contribution in [0.3, 0.4) is 0 Å². The summed E-state index contributed by atoms with van der Waals surface area (Å²) in [6.45, 7) is 9.30. The average molecular weight is 391 g/mol. The molecule has 4 nitrogen and oxygen atoms in total. The number of hydrogen-bond acceptors (Lipinski definition) is 4. The third-order valence-electron chi connectivity index (χ3n) is 7.97. The molecule has 0 amide bonds. The SMILES string of the molecule is COc1cc(OC)c(OC)cc1C[C@@H]1[C@@]2(C)CCCC(C)(C)[C@@H]2CC[C@@]1(C)O. The Morgan fingerprint density at radius 3 is 2.11 bits per heavy atom. The number of fused-ring (bicyclic) bond motifs is 1. The molecule has 0 heterocycles. The van der Waals surface area contributed by atoms with Crippen LogP contribution in [0.2, 0.25) is 0 Å². The van der Waals surface area contributed by atoms with Crippen LogP contribution in [-0.4, -0.2) is 32.0 Å². The largest absolute Gasteiger partial charge is 0.496 e. The van der Waals surface area contributed by atoms with E-state index in [1.807, 2.05) is 19.1 Å². The summed E-state index contributed by atoms with van der Waals surface area (Å²) < 4.78 is 16.7. The first-order valence-electron chi connectivity index (χ1n) is 10.6. The number of hydrogen-bond donors (Lipinski definition) is 1. The van der Waals surface area contributed by atoms with Crippen molar-refractivity contribution in [1.82, 2.24) is 0 Å². The van der Waals surface area contributed by atoms with Gasteiger partial charge in [-0.25, -0.2) is 0 Å². The molecular formula is C24H38O4. The van der Waals surface area contributed by atoms with Crippen molar-refractivity contribution in [2.75, 3.05) is 21.3 Å². The van der Waals surface area contributed by atoms with E-state index in [0.717, 1.165) is 30.6 Å². The van der Waals surface area contributed by atoms with Gasteiger partial charge in [0.05, 0.1) is 26.9 Å². The molecule has 0 saturated heterocycles. The van der Waals surface area contributed by atoms with Crippen molar-refractivity contribution < 1.29 is 19.3 Å². The van der Waals surface area contributed by atoms with Crippen molar-refractivity contribution >= 4 is 0 Å². The summed E-state index contributed by atoms with van der Waals surface area (Å²) in [6.07, 6.45) is 6.43. The lowest BCUT2D eigenvalue weighted by molar-refractivity contribution is -0.166. The molecule has 2 aliphatic rings. The van der Waals surface area contributed by atoms with Crippen molar-refractivity contribution in [2.24, 2.45) is 22.7 Å². The molecule has 4 heteroatoms. The van der Waals surface area contributed by atoms with Crippen LogP contribution in [0.15, 0.2) is 12.1 Å². The Kier molecular flexibility index (Phi) is 5.66. The minimum absolute atomic E-state index is 0.113. The molecule has 0 unspecified atom stereocenters. The molecule has 2 saturated carbocycles. The molecule has 0 bridgehead atoms. The van der Waals surface area contributed by atoms with Gasteiger partial charge in [0.25, 0.3) is 0 Å². The molecule has 2 fully saturated rings. The third kappa shape index (κ3) is 3.49. The third-order valence-corrected chi connectivity index (χ3v) is 7.97. The van der Waals surface area contributed by atoms with Gasteiger partial charge in [0, 0.05) is 6.07 Å². The molecule has 158 valence electrons. The van der Waals surface area contributed by atoms with Gasteiger partial charge in [0.15, 0.2) is 11.5 Å². The first-order valence-corrected chi connectivity index (χ1v) is 10.6. The molecule has 4 atom stereocenters. The zero-order valence-corrected chi connectivity index (χ0v) is 18.7. The molecule has 3 rings (SSSR count). The molecule has 1 aromatic carbocycles. The van der Waals surface area contributed by atoms with Gasteiger partial charge >= 0.3 is 0 Å². The Morgan fingerprint density at radius 2 is 1.50 bits per heavy atom. The Bertz CT molecular complexity index is 709. The van der Waals surface area contributed by atoms with Crippen molar-refractivity contribution in [3.63, 3.8) is 0 Å². The fourth-order valence-electron chi connectivity index (χ4n) is 6.55. The van der Waals surface area contributed by atoms with Crippen LogP contribution in [0, 0.1) is 22.7 Å². The van der Waals surface area contributed by atoms with Crippen LogP contribution in [-0.2, 0) is 6.42 Å². The highest BCUT2D eigenvalue weighted by Gasteiger charge is 2.57. The van der Waals surface area contributed by atoms with E-state index in [1.54, 1.807) is 21.3 Å². The van der Waals surface area contributed by atoms with E-state index in [0.29, 0.717) is 22.8 Å². The monoisotopic (exact) mass is 390 g/mol. The molecule has 1 N–H and O–H groups in total. The van der Waals surface area contributed by atoms with Crippen LogP contribution in [0.1, 0.15) is 65.4 Å². The van der Waals surface area contributed by atoms with E-state index < -0.39 is 5.60 Å². The fourth-order valence-corrected chi connectivity index (χ4v) is 6.55. The van der Waals surface area contributed by atoms with Gasteiger partial charge in [-0.1, -0.05) is 27.2 Å². The molecule has 28 heavy (non-hydrogen) atoms. The van der Waals surface area contributed by atoms with Crippen molar-refractivity contribution in [3.8, 4) is 17.2 Å². The molecular weight excluding hydrogens is 352 g/mol. The highest BCUT2D eigenvalue weighted by Crippen LogP contribution is 2.62. The van der Waals surface area contributed by atoms with Crippen molar-refractivity contribution in [2.45, 2.75) is 71.8 Å². The van der Waals surface area contributed by atoms with E-state index in [2.05, 4.69) is 20.8 Å². The second kappa shape index (κ2) is 7.44. The molecule has 1 aromatic rings. The van der Waals surface area contributed by atoms with Gasteiger partial charge in [-0.15, -0.1) is 0 Å². The predicted molar refractivity (Wildman–Crippen MR) is 112 cm³/mol. The molecule has 0 aromatic heterocycles. The first kappa shape index (κ1) is 21.3. The van der Waals surface area contributed by atoms with Gasteiger partial charge in [0.1, 0.15) is 5.75 Å². The maximum Gasteiger partial charge on any atom is 0.164 e. The molecule has 0 spiro atoms. The maximum atomic E-state index is 11.5. The maximum absolute atomic E-state index is 11.5. The highest BCUT2D eigenvalue weighted by molar-refractivity contribution is 5.51. The summed E-state index contributed by atoms with van der Waals surface area (Å²) in [5.74, 6) is 2.98. The second-order valence-electron chi connectivity index (χ2n) is 10.1. The lowest BCUT2D eigenvalue weighted by atomic mass is 9.45. The Labute approximate surface area is 170 Å². The van der Waals surface area contributed by atoms with Gasteiger partial charge < -0.3 is 19.3 Å². The van der Waals surface area contributed by atoms with Gasteiger partial charge in [-0.05, 0) is 73.3 Å². The Hall–Kier alpha value is -1.42. The predicted octanol–water partition coefficient (Wildman–Crippen LogP) is 5.25. The average Bonchev–Trinajstić information content (AvgIpc) is 2.63. The van der Waals surface area contributed by atoms with Gasteiger partial charge in [0.2, 0.25) is 0 Å². The molecule has 0 aliphatic heterocycles. The standard InChI is InChI=1S/C24H38O4/c1-22(2)10-8-11-23(3)20(22)9-12-24(4,25)21(23)14-16-13-18(27-6)19(28-7)15-17(16)26-5/h13,15,20-21,25H,8-12,14H2,1-7H3/t20-,21+,23-,24+/m0/s1. The zero-order valence-electron chi connectivity index (χ0n) is 18.7. The lowest BCUT2D eigenvalue weighted by Crippen LogP contribution is -2.58. The Balaban J connectivity index is 2.03. The normalized spacial score (nSPS) is 34.4. The minimum atomic E-state index is -0.684. The summed E-state index contributed by atoms with van der Waals surface area (Å²) in [7, 11) is 4.99. The second-order valence-corrected chi connectivity index (χ2v) is 10.1. The summed E-state index contributed by atoms with van der Waals surface area (Å²) in [4.78, 5) is 0. The molecule has 2 aliphatic carbocycles.